The van der Waals surface area contributed by atoms with E-state index in [2.05, 4.69) is 0 Å². The van der Waals surface area contributed by atoms with E-state index in [1.165, 1.54) is 13.2 Å². The molecule has 0 bridgehead atoms. The zero-order chi connectivity index (χ0) is 19.2. The van der Waals surface area contributed by atoms with Crippen LogP contribution in [0.5, 0.6) is 5.75 Å². The maximum Gasteiger partial charge on any atom is 0.416 e. The van der Waals surface area contributed by atoms with E-state index < -0.39 is 17.7 Å². The molecule has 0 aromatic heterocycles. The van der Waals surface area contributed by atoms with Gasteiger partial charge in [-0.05, 0) is 11.6 Å². The second kappa shape index (κ2) is 8.85. The zero-order valence-electron chi connectivity index (χ0n) is 14.7. The smallest absolute Gasteiger partial charge is 0.416 e. The van der Waals surface area contributed by atoms with Crippen LogP contribution in [0.1, 0.15) is 30.4 Å². The van der Waals surface area contributed by atoms with E-state index in [9.17, 15) is 18.0 Å². The minimum Gasteiger partial charge on any atom is -0.496 e. The van der Waals surface area contributed by atoms with E-state index in [4.69, 9.17) is 9.47 Å². The number of hydrogen-bond donors (Lipinski definition) is 0. The van der Waals surface area contributed by atoms with Crippen LogP contribution in [-0.2, 0) is 9.53 Å². The van der Waals surface area contributed by atoms with Crippen molar-refractivity contribution in [2.75, 3.05) is 20.3 Å². The molecule has 6 heteroatoms. The minimum absolute atomic E-state index is 0.0487. The van der Waals surface area contributed by atoms with Crippen LogP contribution in [0, 0.1) is 0 Å². The number of halogens is 3. The van der Waals surface area contributed by atoms with Gasteiger partial charge in [-0.2, -0.15) is 13.2 Å². The number of hydrogen-bond acceptors (Lipinski definition) is 3. The molecule has 1 heterocycles. The number of methoxy groups -OCH3 is 1. The fourth-order valence-electron chi connectivity index (χ4n) is 2.73. The summed E-state index contributed by atoms with van der Waals surface area (Å²) in [6.45, 7) is 1.97. The van der Waals surface area contributed by atoms with Gasteiger partial charge < -0.3 is 9.47 Å². The molecule has 0 fully saturated rings. The van der Waals surface area contributed by atoms with Gasteiger partial charge in [-0.3, -0.25) is 4.79 Å². The summed E-state index contributed by atoms with van der Waals surface area (Å²) in [4.78, 5) is 12.5. The van der Waals surface area contributed by atoms with Crippen LogP contribution in [0.4, 0.5) is 13.2 Å². The van der Waals surface area contributed by atoms with Crippen LogP contribution in [0.15, 0.2) is 48.1 Å². The van der Waals surface area contributed by atoms with Crippen LogP contribution < -0.4 is 4.74 Å². The average Bonchev–Trinajstić information content (AvgIpc) is 2.60. The molecule has 0 radical (unpaired) electrons. The maximum absolute atomic E-state index is 13.1. The van der Waals surface area contributed by atoms with E-state index in [-0.39, 0.29) is 25.4 Å². The predicted octanol–water partition coefficient (Wildman–Crippen LogP) is 4.85. The highest BCUT2D eigenvalue weighted by Crippen LogP contribution is 2.33. The van der Waals surface area contributed by atoms with Gasteiger partial charge in [-0.25, -0.2) is 0 Å². The zero-order valence-corrected chi connectivity index (χ0v) is 14.7. The van der Waals surface area contributed by atoms with Crippen molar-refractivity contribution in [3.8, 4) is 5.75 Å². The quantitative estimate of drug-likeness (QED) is 0.713. The number of Topliss-reactive ketones (excluding diaryl/α,β-unsaturated/α-hetero) is 1. The molecule has 140 valence electrons. The minimum atomic E-state index is -4.52. The SMILES string of the molecule is COc1cccc2c1C(C)C(=O)C/C=C(C(F)(F)F)\C=C/COC/C=C\2. The number of carbonyl (C=O) groups is 1. The van der Waals surface area contributed by atoms with Crippen LogP contribution in [0.2, 0.25) is 0 Å². The Morgan fingerprint density at radius 1 is 1.15 bits per heavy atom. The lowest BCUT2D eigenvalue weighted by molar-refractivity contribution is -0.119. The number of ketones is 1. The molecule has 1 atom stereocenters. The van der Waals surface area contributed by atoms with E-state index in [1.807, 2.05) is 12.1 Å². The number of allylic oxidation sites excluding steroid dienone is 3. The van der Waals surface area contributed by atoms with Crippen LogP contribution >= 0.6 is 0 Å². The third-order valence-electron chi connectivity index (χ3n) is 4.11. The number of fused-ring (bicyclic) bond motifs is 1. The third-order valence-corrected chi connectivity index (χ3v) is 4.11. The first-order chi connectivity index (χ1) is 12.3. The van der Waals surface area contributed by atoms with Gasteiger partial charge in [0, 0.05) is 17.9 Å². The summed E-state index contributed by atoms with van der Waals surface area (Å²) in [6, 6.07) is 5.37. The van der Waals surface area contributed by atoms with Crippen LogP contribution in [-0.4, -0.2) is 32.3 Å². The van der Waals surface area contributed by atoms with Crippen molar-refractivity contribution in [3.05, 3.63) is 59.2 Å². The number of alkyl halides is 3. The molecule has 1 aliphatic rings. The number of rotatable bonds is 1. The third kappa shape index (κ3) is 5.08. The molecular formula is C20H21F3O3. The summed E-state index contributed by atoms with van der Waals surface area (Å²) >= 11 is 0. The Balaban J connectivity index is 2.45. The second-order valence-corrected chi connectivity index (χ2v) is 5.85. The Hall–Kier alpha value is -2.34. The topological polar surface area (TPSA) is 35.5 Å². The molecule has 3 nitrogen and oxygen atoms in total. The summed E-state index contributed by atoms with van der Waals surface area (Å²) in [7, 11) is 1.50. The van der Waals surface area contributed by atoms with Crippen molar-refractivity contribution in [3.63, 3.8) is 0 Å². The highest BCUT2D eigenvalue weighted by molar-refractivity contribution is 5.88. The Morgan fingerprint density at radius 3 is 2.50 bits per heavy atom. The molecule has 0 spiro atoms. The van der Waals surface area contributed by atoms with Gasteiger partial charge >= 0.3 is 6.18 Å². The maximum atomic E-state index is 13.1. The van der Waals surface area contributed by atoms with Crippen molar-refractivity contribution < 1.29 is 27.4 Å². The van der Waals surface area contributed by atoms with E-state index >= 15 is 0 Å². The molecule has 0 N–H and O–H groups in total. The normalized spacial score (nSPS) is 24.0. The Labute approximate surface area is 150 Å². The molecule has 26 heavy (non-hydrogen) atoms. The van der Waals surface area contributed by atoms with Crippen molar-refractivity contribution in [1.82, 2.24) is 0 Å². The lowest BCUT2D eigenvalue weighted by Crippen LogP contribution is -2.14. The first-order valence-corrected chi connectivity index (χ1v) is 8.22. The van der Waals surface area contributed by atoms with Crippen molar-refractivity contribution >= 4 is 11.9 Å². The summed E-state index contributed by atoms with van der Waals surface area (Å²) in [5.41, 5.74) is 0.585. The van der Waals surface area contributed by atoms with Gasteiger partial charge in [0.2, 0.25) is 0 Å². The summed E-state index contributed by atoms with van der Waals surface area (Å²) in [6.07, 6.45) is 1.91. The first kappa shape index (κ1) is 20.0. The fraction of sp³-hybridized carbons (Fsp3) is 0.350. The van der Waals surface area contributed by atoms with Gasteiger partial charge in [-0.15, -0.1) is 0 Å². The van der Waals surface area contributed by atoms with E-state index in [1.54, 1.807) is 25.1 Å². The lowest BCUT2D eigenvalue weighted by Gasteiger charge is -2.18. The Bertz CT molecular complexity index is 730. The molecule has 0 saturated carbocycles. The molecule has 1 aromatic carbocycles. The van der Waals surface area contributed by atoms with E-state index in [0.29, 0.717) is 11.3 Å². The first-order valence-electron chi connectivity index (χ1n) is 8.22. The van der Waals surface area contributed by atoms with Crippen LogP contribution in [0.3, 0.4) is 0 Å². The van der Waals surface area contributed by atoms with Gasteiger partial charge in [0.25, 0.3) is 0 Å². The largest absolute Gasteiger partial charge is 0.496 e. The van der Waals surface area contributed by atoms with Gasteiger partial charge in [0.05, 0.1) is 25.9 Å². The predicted molar refractivity (Wildman–Crippen MR) is 94.2 cm³/mol. The van der Waals surface area contributed by atoms with Crippen molar-refractivity contribution in [1.29, 1.82) is 0 Å². The molecule has 1 aliphatic heterocycles. The molecular weight excluding hydrogens is 345 g/mol. The van der Waals surface area contributed by atoms with Crippen molar-refractivity contribution in [2.45, 2.75) is 25.4 Å². The number of benzene rings is 1. The number of ether oxygens (including phenoxy) is 2. The van der Waals surface area contributed by atoms with Gasteiger partial charge in [0.15, 0.2) is 0 Å². The van der Waals surface area contributed by atoms with Crippen LogP contribution in [0.25, 0.3) is 6.08 Å². The Morgan fingerprint density at radius 2 is 1.85 bits per heavy atom. The van der Waals surface area contributed by atoms with E-state index in [0.717, 1.165) is 17.7 Å². The summed E-state index contributed by atoms with van der Waals surface area (Å²) < 4.78 is 49.9. The highest BCUT2D eigenvalue weighted by Gasteiger charge is 2.32. The fourth-order valence-corrected chi connectivity index (χ4v) is 2.73. The monoisotopic (exact) mass is 366 g/mol. The summed E-state index contributed by atoms with van der Waals surface area (Å²) in [5, 5.41) is 0. The lowest BCUT2D eigenvalue weighted by atomic mass is 9.89. The molecule has 2 rings (SSSR count). The highest BCUT2D eigenvalue weighted by atomic mass is 19.4. The van der Waals surface area contributed by atoms with Gasteiger partial charge in [-0.1, -0.05) is 49.4 Å². The molecule has 0 saturated heterocycles. The standard InChI is InChI=1S/C20H21F3O3/c1-14-17(24)11-10-16(20(21,22)23)8-5-13-26-12-4-7-15-6-3-9-18(25-2)19(14)15/h3-10,14H,11-13H2,1-2H3/b7-4-,8-5-,16-10+. The second-order valence-electron chi connectivity index (χ2n) is 5.85. The average molecular weight is 366 g/mol. The number of carbonyl (C=O) groups excluding carboxylic acids is 1. The molecule has 1 unspecified atom stereocenters. The molecule has 1 aromatic rings. The Kier molecular flexibility index (Phi) is 6.80. The van der Waals surface area contributed by atoms with Gasteiger partial charge in [0.1, 0.15) is 11.5 Å². The molecule has 0 aliphatic carbocycles. The van der Waals surface area contributed by atoms with Crippen molar-refractivity contribution in [2.24, 2.45) is 0 Å². The summed E-state index contributed by atoms with van der Waals surface area (Å²) in [5.74, 6) is -0.391. The molecule has 0 amide bonds.